The van der Waals surface area contributed by atoms with Crippen molar-refractivity contribution in [1.29, 1.82) is 0 Å². The third kappa shape index (κ3) is 4.28. The minimum Gasteiger partial charge on any atom is -0.370 e. The van der Waals surface area contributed by atoms with Gasteiger partial charge < -0.3 is 10.2 Å². The molecule has 170 valence electrons. The summed E-state index contributed by atoms with van der Waals surface area (Å²) in [4.78, 5) is 14.9. The Labute approximate surface area is 190 Å². The number of benzene rings is 2. The maximum atomic E-state index is 13.7. The van der Waals surface area contributed by atoms with Gasteiger partial charge in [-0.25, -0.2) is 13.1 Å². The van der Waals surface area contributed by atoms with E-state index in [1.807, 2.05) is 30.3 Å². The normalized spacial score (nSPS) is 21.1. The highest BCUT2D eigenvalue weighted by Gasteiger charge is 2.30. The second-order valence-electron chi connectivity index (χ2n) is 9.26. The smallest absolute Gasteiger partial charge is 0.243 e. The van der Waals surface area contributed by atoms with Crippen LogP contribution in [0.5, 0.6) is 0 Å². The van der Waals surface area contributed by atoms with Gasteiger partial charge in [-0.1, -0.05) is 30.7 Å². The number of nitrogens with one attached hydrogen (secondary N) is 2. The molecule has 2 N–H and O–H groups in total. The lowest BCUT2D eigenvalue weighted by atomic mass is 9.85. The van der Waals surface area contributed by atoms with Crippen molar-refractivity contribution in [2.75, 3.05) is 23.3 Å². The molecule has 2 aliphatic carbocycles. The summed E-state index contributed by atoms with van der Waals surface area (Å²) in [6.45, 7) is 1.70. The SMILES string of the molecule is O=C(Nc1ccc(N2CCCC2)c(S(=O)(=O)N[C@H]2CCCc3ccccc32)c1)C1CCC1. The van der Waals surface area contributed by atoms with Crippen molar-refractivity contribution in [3.63, 3.8) is 0 Å². The molecule has 2 fully saturated rings. The maximum absolute atomic E-state index is 13.7. The van der Waals surface area contributed by atoms with Crippen molar-refractivity contribution < 1.29 is 13.2 Å². The lowest BCUT2D eigenvalue weighted by Gasteiger charge is -2.28. The minimum absolute atomic E-state index is 0.0114. The van der Waals surface area contributed by atoms with Gasteiger partial charge in [0.1, 0.15) is 4.90 Å². The predicted molar refractivity (Wildman–Crippen MR) is 126 cm³/mol. The summed E-state index contributed by atoms with van der Waals surface area (Å²) < 4.78 is 30.3. The topological polar surface area (TPSA) is 78.5 Å². The number of rotatable bonds is 6. The number of nitrogens with zero attached hydrogens (tertiary/aromatic N) is 1. The molecule has 32 heavy (non-hydrogen) atoms. The second kappa shape index (κ2) is 8.87. The number of hydrogen-bond donors (Lipinski definition) is 2. The number of anilines is 2. The average molecular weight is 454 g/mol. The van der Waals surface area contributed by atoms with Gasteiger partial charge in [0.15, 0.2) is 0 Å². The van der Waals surface area contributed by atoms with Gasteiger partial charge in [0.25, 0.3) is 0 Å². The fourth-order valence-corrected chi connectivity index (χ4v) is 6.57. The van der Waals surface area contributed by atoms with Crippen LogP contribution < -0.4 is 14.9 Å². The quantitative estimate of drug-likeness (QED) is 0.680. The van der Waals surface area contributed by atoms with Gasteiger partial charge in [-0.2, -0.15) is 0 Å². The van der Waals surface area contributed by atoms with Gasteiger partial charge in [0, 0.05) is 30.7 Å². The van der Waals surface area contributed by atoms with E-state index in [9.17, 15) is 13.2 Å². The Morgan fingerprint density at radius 1 is 0.938 bits per heavy atom. The van der Waals surface area contributed by atoms with Crippen LogP contribution in [0, 0.1) is 5.92 Å². The van der Waals surface area contributed by atoms with Gasteiger partial charge in [-0.15, -0.1) is 0 Å². The fraction of sp³-hybridized carbons (Fsp3) is 0.480. The summed E-state index contributed by atoms with van der Waals surface area (Å²) in [5, 5.41) is 2.94. The largest absolute Gasteiger partial charge is 0.370 e. The molecule has 2 aromatic carbocycles. The van der Waals surface area contributed by atoms with Crippen LogP contribution in [0.4, 0.5) is 11.4 Å². The molecule has 0 aromatic heterocycles. The molecule has 0 bridgehead atoms. The molecule has 3 aliphatic rings. The molecule has 5 rings (SSSR count). The number of sulfonamides is 1. The van der Waals surface area contributed by atoms with Crippen LogP contribution in [-0.4, -0.2) is 27.4 Å². The van der Waals surface area contributed by atoms with Crippen LogP contribution in [-0.2, 0) is 21.2 Å². The highest BCUT2D eigenvalue weighted by Crippen LogP contribution is 2.35. The summed E-state index contributed by atoms with van der Waals surface area (Å²) in [5.74, 6) is 0.0351. The van der Waals surface area contributed by atoms with E-state index in [1.54, 1.807) is 6.07 Å². The number of aryl methyl sites for hydroxylation is 1. The van der Waals surface area contributed by atoms with Crippen molar-refractivity contribution in [1.82, 2.24) is 4.72 Å². The Balaban J connectivity index is 1.46. The summed E-state index contributed by atoms with van der Waals surface area (Å²) in [6.07, 6.45) is 7.74. The van der Waals surface area contributed by atoms with E-state index in [0.29, 0.717) is 5.69 Å². The fourth-order valence-electron chi connectivity index (χ4n) is 5.07. The molecule has 6 nitrogen and oxygen atoms in total. The Bertz CT molecular complexity index is 1110. The van der Waals surface area contributed by atoms with Crippen LogP contribution >= 0.6 is 0 Å². The summed E-state index contributed by atoms with van der Waals surface area (Å²) in [5.41, 5.74) is 3.56. The van der Waals surface area contributed by atoms with E-state index in [-0.39, 0.29) is 22.8 Å². The van der Waals surface area contributed by atoms with Gasteiger partial charge in [-0.3, -0.25) is 4.79 Å². The standard InChI is InChI=1S/C25H31N3O3S/c29-25(19-9-5-10-19)26-20-13-14-23(28-15-3-4-16-28)24(17-20)32(30,31)27-22-12-6-8-18-7-1-2-11-21(18)22/h1-2,7,11,13-14,17,19,22,27H,3-6,8-10,12,15-16H2,(H,26,29)/t22-/m0/s1. The first-order chi connectivity index (χ1) is 15.5. The molecule has 2 aromatic rings. The van der Waals surface area contributed by atoms with Crippen LogP contribution in [0.1, 0.15) is 62.1 Å². The third-order valence-corrected chi connectivity index (χ3v) is 8.61. The van der Waals surface area contributed by atoms with Crippen molar-refractivity contribution in [3.05, 3.63) is 53.6 Å². The minimum atomic E-state index is -3.78. The van der Waals surface area contributed by atoms with Crippen molar-refractivity contribution in [2.45, 2.75) is 62.3 Å². The van der Waals surface area contributed by atoms with Crippen LogP contribution in [0.2, 0.25) is 0 Å². The van der Waals surface area contributed by atoms with E-state index < -0.39 is 10.0 Å². The average Bonchev–Trinajstić information content (AvgIpc) is 3.27. The molecule has 0 unspecified atom stereocenters. The number of amides is 1. The zero-order valence-corrected chi connectivity index (χ0v) is 19.2. The molecule has 1 aliphatic heterocycles. The molecule has 0 radical (unpaired) electrons. The molecule has 1 saturated carbocycles. The molecule has 1 heterocycles. The predicted octanol–water partition coefficient (Wildman–Crippen LogP) is 4.38. The Hall–Kier alpha value is -2.38. The zero-order chi connectivity index (χ0) is 22.1. The number of hydrogen-bond acceptors (Lipinski definition) is 4. The Morgan fingerprint density at radius 2 is 1.72 bits per heavy atom. The second-order valence-corrected chi connectivity index (χ2v) is 10.9. The van der Waals surface area contributed by atoms with Crippen LogP contribution in [0.15, 0.2) is 47.4 Å². The number of carbonyl (C=O) groups excluding carboxylic acids is 1. The lowest BCUT2D eigenvalue weighted by Crippen LogP contribution is -2.33. The van der Waals surface area contributed by atoms with Gasteiger partial charge in [-0.05, 0) is 74.3 Å². The summed E-state index contributed by atoms with van der Waals surface area (Å²) >= 11 is 0. The first kappa shape index (κ1) is 21.5. The van der Waals surface area contributed by atoms with Gasteiger partial charge in [0.2, 0.25) is 15.9 Å². The van der Waals surface area contributed by atoms with E-state index in [1.165, 1.54) is 5.56 Å². The molecular weight excluding hydrogens is 422 g/mol. The molecule has 1 amide bonds. The van der Waals surface area contributed by atoms with E-state index in [0.717, 1.165) is 75.7 Å². The zero-order valence-electron chi connectivity index (χ0n) is 18.3. The van der Waals surface area contributed by atoms with Gasteiger partial charge >= 0.3 is 0 Å². The number of fused-ring (bicyclic) bond motifs is 1. The van der Waals surface area contributed by atoms with Crippen LogP contribution in [0.25, 0.3) is 0 Å². The Morgan fingerprint density at radius 3 is 2.47 bits per heavy atom. The lowest BCUT2D eigenvalue weighted by molar-refractivity contribution is -0.122. The highest BCUT2D eigenvalue weighted by atomic mass is 32.2. The van der Waals surface area contributed by atoms with E-state index in [2.05, 4.69) is 21.0 Å². The van der Waals surface area contributed by atoms with Crippen LogP contribution in [0.3, 0.4) is 0 Å². The monoisotopic (exact) mass is 453 g/mol. The number of carbonyl (C=O) groups is 1. The molecule has 7 heteroatoms. The van der Waals surface area contributed by atoms with Crippen molar-refractivity contribution in [2.24, 2.45) is 5.92 Å². The van der Waals surface area contributed by atoms with Crippen molar-refractivity contribution >= 4 is 27.3 Å². The maximum Gasteiger partial charge on any atom is 0.243 e. The summed E-state index contributed by atoms with van der Waals surface area (Å²) in [7, 11) is -3.78. The Kier molecular flexibility index (Phi) is 5.95. The molecular formula is C25H31N3O3S. The molecule has 0 spiro atoms. The van der Waals surface area contributed by atoms with Crippen molar-refractivity contribution in [3.8, 4) is 0 Å². The first-order valence-electron chi connectivity index (χ1n) is 11.8. The molecule has 1 saturated heterocycles. The molecule has 1 atom stereocenters. The summed E-state index contributed by atoms with van der Waals surface area (Å²) in [6, 6.07) is 13.2. The highest BCUT2D eigenvalue weighted by molar-refractivity contribution is 7.89. The van der Waals surface area contributed by atoms with Gasteiger partial charge in [0.05, 0.1) is 5.69 Å². The third-order valence-electron chi connectivity index (χ3n) is 7.11. The first-order valence-corrected chi connectivity index (χ1v) is 13.3. The van der Waals surface area contributed by atoms with E-state index in [4.69, 9.17) is 0 Å². The van der Waals surface area contributed by atoms with E-state index >= 15 is 0 Å².